The predicted octanol–water partition coefficient (Wildman–Crippen LogP) is 4.75. The molecule has 0 unspecified atom stereocenters. The van der Waals surface area contributed by atoms with Crippen molar-refractivity contribution in [2.75, 3.05) is 0 Å². The molecule has 0 radical (unpaired) electrons. The van der Waals surface area contributed by atoms with Crippen LogP contribution in [0.2, 0.25) is 0 Å². The van der Waals surface area contributed by atoms with Crippen LogP contribution in [0.3, 0.4) is 0 Å². The van der Waals surface area contributed by atoms with Crippen LogP contribution in [0.25, 0.3) is 30.9 Å². The summed E-state index contributed by atoms with van der Waals surface area (Å²) in [6.45, 7) is 7.46. The van der Waals surface area contributed by atoms with E-state index in [1.54, 1.807) is 13.8 Å². The van der Waals surface area contributed by atoms with Crippen molar-refractivity contribution in [3.63, 3.8) is 0 Å². The quantitative estimate of drug-likeness (QED) is 0.531. The van der Waals surface area contributed by atoms with Gasteiger partial charge in [0.15, 0.2) is 0 Å². The molecule has 0 spiro atoms. The Bertz CT molecular complexity index is 1110. The van der Waals surface area contributed by atoms with Gasteiger partial charge in [0.05, 0.1) is 11.2 Å². The van der Waals surface area contributed by atoms with E-state index in [0.29, 0.717) is 7.48 Å². The van der Waals surface area contributed by atoms with Crippen LogP contribution in [0, 0.1) is 0 Å². The number of benzene rings is 3. The molecule has 0 atom stereocenters. The van der Waals surface area contributed by atoms with Gasteiger partial charge in [-0.25, -0.2) is 0 Å². The summed E-state index contributed by atoms with van der Waals surface area (Å²) in [4.78, 5) is 0. The van der Waals surface area contributed by atoms with E-state index < -0.39 is 11.2 Å². The van der Waals surface area contributed by atoms with Gasteiger partial charge >= 0.3 is 7.48 Å². The SMILES string of the molecule is CC(C)(O)C(C)(C)OBc1cc2c3ccccc3sc2c2ccccc12. The summed E-state index contributed by atoms with van der Waals surface area (Å²) in [5.74, 6) is 0. The van der Waals surface area contributed by atoms with Crippen LogP contribution in [-0.2, 0) is 4.65 Å². The van der Waals surface area contributed by atoms with E-state index in [2.05, 4.69) is 54.6 Å². The summed E-state index contributed by atoms with van der Waals surface area (Å²) in [6, 6.07) is 19.3. The van der Waals surface area contributed by atoms with Crippen molar-refractivity contribution < 1.29 is 9.76 Å². The average molecular weight is 362 g/mol. The summed E-state index contributed by atoms with van der Waals surface area (Å²) in [5.41, 5.74) is -0.393. The smallest absolute Gasteiger partial charge is 0.310 e. The van der Waals surface area contributed by atoms with Gasteiger partial charge in [-0.2, -0.15) is 0 Å². The first-order chi connectivity index (χ1) is 12.3. The molecule has 0 aliphatic rings. The van der Waals surface area contributed by atoms with Gasteiger partial charge in [0.1, 0.15) is 0 Å². The van der Waals surface area contributed by atoms with Crippen LogP contribution >= 0.6 is 11.3 Å². The standard InChI is InChI=1S/C22H23BO2S/c1-21(2,24)22(3,4)25-23-18-13-17-15-10-7-8-12-19(15)26-20(17)16-11-6-5-9-14(16)18/h5-13,23-24H,1-4H3. The lowest BCUT2D eigenvalue weighted by atomic mass is 9.79. The number of hydrogen-bond acceptors (Lipinski definition) is 3. The Kier molecular flexibility index (Phi) is 4.10. The largest absolute Gasteiger partial charge is 0.427 e. The number of fused-ring (bicyclic) bond motifs is 5. The van der Waals surface area contributed by atoms with Gasteiger partial charge in [0.2, 0.25) is 0 Å². The van der Waals surface area contributed by atoms with Crippen molar-refractivity contribution in [2.24, 2.45) is 0 Å². The molecular formula is C22H23BO2S. The van der Waals surface area contributed by atoms with Crippen LogP contribution in [0.5, 0.6) is 0 Å². The second-order valence-corrected chi connectivity index (χ2v) is 8.97. The zero-order valence-electron chi connectivity index (χ0n) is 15.7. The highest BCUT2D eigenvalue weighted by Gasteiger charge is 2.35. The third kappa shape index (κ3) is 2.82. The number of thiophene rings is 1. The molecular weight excluding hydrogens is 339 g/mol. The molecule has 26 heavy (non-hydrogen) atoms. The Morgan fingerprint density at radius 3 is 2.15 bits per heavy atom. The molecule has 1 aromatic heterocycles. The van der Waals surface area contributed by atoms with E-state index in [0.717, 1.165) is 5.46 Å². The summed E-state index contributed by atoms with van der Waals surface area (Å²) in [6.07, 6.45) is 0. The van der Waals surface area contributed by atoms with Crippen molar-refractivity contribution >= 4 is 55.2 Å². The molecule has 1 heterocycles. The molecule has 4 heteroatoms. The molecule has 0 saturated carbocycles. The van der Waals surface area contributed by atoms with Crippen molar-refractivity contribution in [3.05, 3.63) is 54.6 Å². The number of rotatable bonds is 4. The van der Waals surface area contributed by atoms with Crippen LogP contribution in [0.4, 0.5) is 0 Å². The first kappa shape index (κ1) is 17.5. The fraction of sp³-hybridized carbons (Fsp3) is 0.273. The Morgan fingerprint density at radius 2 is 1.46 bits per heavy atom. The van der Waals surface area contributed by atoms with Gasteiger partial charge in [0.25, 0.3) is 0 Å². The maximum Gasteiger partial charge on any atom is 0.310 e. The van der Waals surface area contributed by atoms with Crippen molar-refractivity contribution in [3.8, 4) is 0 Å². The second-order valence-electron chi connectivity index (χ2n) is 7.91. The van der Waals surface area contributed by atoms with Gasteiger partial charge in [0, 0.05) is 20.2 Å². The van der Waals surface area contributed by atoms with E-state index in [1.165, 1.54) is 30.9 Å². The summed E-state index contributed by atoms with van der Waals surface area (Å²) in [7, 11) is 0.470. The molecule has 4 aromatic rings. The fourth-order valence-electron chi connectivity index (χ4n) is 3.18. The van der Waals surface area contributed by atoms with Gasteiger partial charge in [-0.3, -0.25) is 0 Å². The highest BCUT2D eigenvalue weighted by atomic mass is 32.1. The fourth-order valence-corrected chi connectivity index (χ4v) is 4.40. The van der Waals surface area contributed by atoms with E-state index in [9.17, 15) is 5.11 Å². The van der Waals surface area contributed by atoms with E-state index >= 15 is 0 Å². The third-order valence-corrected chi connectivity index (χ3v) is 6.75. The van der Waals surface area contributed by atoms with Crippen LogP contribution in [0.15, 0.2) is 54.6 Å². The molecule has 0 saturated heterocycles. The first-order valence-electron chi connectivity index (χ1n) is 8.96. The number of hydrogen-bond donors (Lipinski definition) is 1. The van der Waals surface area contributed by atoms with Gasteiger partial charge in [-0.15, -0.1) is 11.3 Å². The third-order valence-electron chi connectivity index (χ3n) is 5.53. The van der Waals surface area contributed by atoms with Crippen LogP contribution in [-0.4, -0.2) is 23.8 Å². The molecule has 2 nitrogen and oxygen atoms in total. The van der Waals surface area contributed by atoms with Crippen LogP contribution in [0.1, 0.15) is 27.7 Å². The topological polar surface area (TPSA) is 29.5 Å². The summed E-state index contributed by atoms with van der Waals surface area (Å²) >= 11 is 1.85. The maximum absolute atomic E-state index is 10.4. The van der Waals surface area contributed by atoms with Gasteiger partial charge in [-0.1, -0.05) is 48.5 Å². The molecule has 3 aromatic carbocycles. The van der Waals surface area contributed by atoms with Crippen molar-refractivity contribution in [1.82, 2.24) is 0 Å². The normalized spacial score (nSPS) is 13.0. The lowest BCUT2D eigenvalue weighted by molar-refractivity contribution is -0.0893. The zero-order valence-corrected chi connectivity index (χ0v) is 16.5. The summed E-state index contributed by atoms with van der Waals surface area (Å²) < 4.78 is 8.81. The predicted molar refractivity (Wildman–Crippen MR) is 115 cm³/mol. The average Bonchev–Trinajstić information content (AvgIpc) is 2.97. The monoisotopic (exact) mass is 362 g/mol. The number of aliphatic hydroxyl groups is 1. The van der Waals surface area contributed by atoms with E-state index in [-0.39, 0.29) is 0 Å². The Labute approximate surface area is 158 Å². The molecule has 0 fully saturated rings. The van der Waals surface area contributed by atoms with Gasteiger partial charge < -0.3 is 9.76 Å². The molecule has 0 amide bonds. The first-order valence-corrected chi connectivity index (χ1v) is 9.78. The van der Waals surface area contributed by atoms with E-state index in [4.69, 9.17) is 4.65 Å². The molecule has 132 valence electrons. The van der Waals surface area contributed by atoms with E-state index in [1.807, 2.05) is 25.2 Å². The van der Waals surface area contributed by atoms with Crippen LogP contribution < -0.4 is 5.46 Å². The Balaban J connectivity index is 1.89. The minimum absolute atomic E-state index is 0.470. The lowest BCUT2D eigenvalue weighted by Crippen LogP contribution is -2.49. The minimum atomic E-state index is -0.915. The Hall–Kier alpha value is -1.88. The van der Waals surface area contributed by atoms with Crippen molar-refractivity contribution in [1.29, 1.82) is 0 Å². The maximum atomic E-state index is 10.4. The van der Waals surface area contributed by atoms with Crippen molar-refractivity contribution in [2.45, 2.75) is 38.9 Å². The second kappa shape index (κ2) is 6.09. The highest BCUT2D eigenvalue weighted by molar-refractivity contribution is 7.26. The van der Waals surface area contributed by atoms with Gasteiger partial charge in [-0.05, 0) is 50.0 Å². The molecule has 4 rings (SSSR count). The minimum Gasteiger partial charge on any atom is -0.427 e. The molecule has 0 aliphatic heterocycles. The molecule has 0 aliphatic carbocycles. The Morgan fingerprint density at radius 1 is 0.846 bits per heavy atom. The zero-order chi connectivity index (χ0) is 18.5. The lowest BCUT2D eigenvalue weighted by Gasteiger charge is -2.37. The molecule has 1 N–H and O–H groups in total. The highest BCUT2D eigenvalue weighted by Crippen LogP contribution is 2.37. The molecule has 0 bridgehead atoms. The summed E-state index contributed by atoms with van der Waals surface area (Å²) in [5, 5.41) is 15.5.